The molecule has 0 unspecified atom stereocenters. The summed E-state index contributed by atoms with van der Waals surface area (Å²) in [5.41, 5.74) is 13.8. The van der Waals surface area contributed by atoms with E-state index < -0.39 is 11.0 Å². The minimum absolute atomic E-state index is 0.481. The fourth-order valence-corrected chi connectivity index (χ4v) is 8.32. The molecular formula is C56H62N2. The van der Waals surface area contributed by atoms with Crippen LogP contribution < -0.4 is 10.6 Å². The second-order valence-electron chi connectivity index (χ2n) is 16.9. The fraction of sp³-hybridized carbons (Fsp3) is 0.286. The summed E-state index contributed by atoms with van der Waals surface area (Å²) in [6, 6.07) is 54.4. The van der Waals surface area contributed by atoms with Crippen LogP contribution in [-0.2, 0) is 23.8 Å². The highest BCUT2D eigenvalue weighted by Gasteiger charge is 2.39. The topological polar surface area (TPSA) is 24.1 Å². The predicted molar refractivity (Wildman–Crippen MR) is 251 cm³/mol. The van der Waals surface area contributed by atoms with Crippen molar-refractivity contribution >= 4 is 17.1 Å². The summed E-state index contributed by atoms with van der Waals surface area (Å²) in [5, 5.41) is 7.74. The average molecular weight is 763 g/mol. The Morgan fingerprint density at radius 3 is 1.53 bits per heavy atom. The van der Waals surface area contributed by atoms with E-state index >= 15 is 0 Å². The van der Waals surface area contributed by atoms with Crippen LogP contribution in [0.1, 0.15) is 118 Å². The first kappa shape index (κ1) is 40.6. The predicted octanol–water partition coefficient (Wildman–Crippen LogP) is 15.4. The Kier molecular flexibility index (Phi) is 12.8. The maximum absolute atomic E-state index is 3.98. The third-order valence-electron chi connectivity index (χ3n) is 12.1. The smallest absolute Gasteiger partial charge is 0.0998 e. The first-order chi connectivity index (χ1) is 28.2. The molecule has 0 atom stereocenters. The van der Waals surface area contributed by atoms with Gasteiger partial charge < -0.3 is 10.6 Å². The Hall–Kier alpha value is -5.60. The molecule has 0 saturated carbocycles. The van der Waals surface area contributed by atoms with Crippen molar-refractivity contribution in [1.82, 2.24) is 0 Å². The van der Waals surface area contributed by atoms with Crippen molar-refractivity contribution in [2.24, 2.45) is 0 Å². The molecule has 0 saturated heterocycles. The lowest BCUT2D eigenvalue weighted by atomic mass is 9.67. The van der Waals surface area contributed by atoms with Crippen molar-refractivity contribution in [3.8, 4) is 11.1 Å². The van der Waals surface area contributed by atoms with Crippen molar-refractivity contribution in [2.45, 2.75) is 103 Å². The molecule has 6 aromatic rings. The minimum atomic E-state index is -0.546. The highest BCUT2D eigenvalue weighted by Crippen LogP contribution is 2.47. The number of aryl methyl sites for hydroxylation is 2. The number of rotatable bonds is 16. The molecule has 0 spiro atoms. The van der Waals surface area contributed by atoms with Crippen molar-refractivity contribution in [3.63, 3.8) is 0 Å². The molecule has 1 aliphatic rings. The summed E-state index contributed by atoms with van der Waals surface area (Å²) in [5.74, 6) is 0.976. The number of allylic oxidation sites excluding steroid dienone is 2. The third-order valence-corrected chi connectivity index (χ3v) is 12.1. The van der Waals surface area contributed by atoms with Gasteiger partial charge in [-0.1, -0.05) is 188 Å². The molecule has 0 bridgehead atoms. The molecule has 58 heavy (non-hydrogen) atoms. The van der Waals surface area contributed by atoms with Gasteiger partial charge in [0.15, 0.2) is 0 Å². The van der Waals surface area contributed by atoms with Crippen LogP contribution in [0.25, 0.3) is 11.1 Å². The van der Waals surface area contributed by atoms with Crippen LogP contribution in [-0.4, -0.2) is 0 Å². The summed E-state index contributed by atoms with van der Waals surface area (Å²) in [6.45, 7) is 13.5. The number of unbranched alkanes of at least 4 members (excludes halogenated alkanes) is 2. The number of hydrogen-bond donors (Lipinski definition) is 2. The molecule has 0 aromatic heterocycles. The van der Waals surface area contributed by atoms with E-state index in [4.69, 9.17) is 0 Å². The monoisotopic (exact) mass is 762 g/mol. The summed E-state index contributed by atoms with van der Waals surface area (Å²) in [6.07, 6.45) is 16.7. The Labute approximate surface area is 349 Å². The second-order valence-corrected chi connectivity index (χ2v) is 16.9. The maximum atomic E-state index is 3.98. The molecule has 1 aliphatic carbocycles. The van der Waals surface area contributed by atoms with Gasteiger partial charge in [0.1, 0.15) is 0 Å². The van der Waals surface area contributed by atoms with E-state index in [0.717, 1.165) is 29.9 Å². The summed E-state index contributed by atoms with van der Waals surface area (Å²) in [4.78, 5) is 0. The van der Waals surface area contributed by atoms with Crippen LogP contribution in [0.15, 0.2) is 170 Å². The highest BCUT2D eigenvalue weighted by molar-refractivity contribution is 5.78. The van der Waals surface area contributed by atoms with Gasteiger partial charge in [0.05, 0.1) is 11.0 Å². The molecule has 0 fully saturated rings. The fourth-order valence-electron chi connectivity index (χ4n) is 8.32. The van der Waals surface area contributed by atoms with Gasteiger partial charge in [-0.3, -0.25) is 0 Å². The van der Waals surface area contributed by atoms with Crippen LogP contribution >= 0.6 is 0 Å². The molecular weight excluding hydrogens is 701 g/mol. The van der Waals surface area contributed by atoms with Gasteiger partial charge in [-0.05, 0) is 124 Å². The van der Waals surface area contributed by atoms with Crippen LogP contribution in [0, 0.1) is 0 Å². The number of anilines is 3. The molecule has 6 aromatic carbocycles. The van der Waals surface area contributed by atoms with E-state index in [2.05, 4.69) is 222 Å². The van der Waals surface area contributed by atoms with Crippen LogP contribution in [0.2, 0.25) is 0 Å². The third kappa shape index (κ3) is 9.08. The maximum Gasteiger partial charge on any atom is 0.0998 e. The summed E-state index contributed by atoms with van der Waals surface area (Å²) in [7, 11) is 0. The van der Waals surface area contributed by atoms with Crippen molar-refractivity contribution in [1.29, 1.82) is 0 Å². The molecule has 0 radical (unpaired) electrons. The minimum Gasteiger partial charge on any atom is -0.369 e. The highest BCUT2D eigenvalue weighted by atomic mass is 15.0. The zero-order chi connectivity index (χ0) is 40.5. The van der Waals surface area contributed by atoms with Crippen molar-refractivity contribution in [2.75, 3.05) is 10.6 Å². The van der Waals surface area contributed by atoms with Crippen molar-refractivity contribution < 1.29 is 0 Å². The lowest BCUT2D eigenvalue weighted by Crippen LogP contribution is -2.37. The SMILES string of the molecule is CCCCc1ccc(-c2cc(Nc3ccc(C(C)C)cc3)ccc2C2(c3ccc(CCCC)cc3)C=CC(Nc3ccc(C(C)C)cc3)(c3ccccc3)C=C2)cc1. The Balaban J connectivity index is 1.38. The molecule has 0 aliphatic heterocycles. The quantitative estimate of drug-likeness (QED) is 0.0960. The van der Waals surface area contributed by atoms with E-state index in [-0.39, 0.29) is 0 Å². The molecule has 296 valence electrons. The van der Waals surface area contributed by atoms with E-state index in [1.165, 1.54) is 75.8 Å². The molecule has 2 nitrogen and oxygen atoms in total. The van der Waals surface area contributed by atoms with Gasteiger partial charge in [-0.2, -0.15) is 0 Å². The van der Waals surface area contributed by atoms with E-state index in [1.54, 1.807) is 0 Å². The standard InChI is InChI=1S/C56H62N2/c1-7-9-14-43-18-22-47(23-19-43)53-40-52(57-50-30-24-45(25-31-50)41(3)4)34-35-54(53)55(48-28-20-44(21-29-48)15-10-8-2)36-38-56(39-37-55,49-16-12-11-13-17-49)58-51-32-26-46(27-33-51)42(5)6/h11-13,16-42,57-58H,7-10,14-15H2,1-6H3. The van der Waals surface area contributed by atoms with Gasteiger partial charge >= 0.3 is 0 Å². The summed E-state index contributed by atoms with van der Waals surface area (Å²) >= 11 is 0. The lowest BCUT2D eigenvalue weighted by molar-refractivity contribution is 0.699. The van der Waals surface area contributed by atoms with Crippen LogP contribution in [0.4, 0.5) is 17.1 Å². The largest absolute Gasteiger partial charge is 0.369 e. The first-order valence-electron chi connectivity index (χ1n) is 21.8. The van der Waals surface area contributed by atoms with Crippen molar-refractivity contribution in [3.05, 3.63) is 209 Å². The van der Waals surface area contributed by atoms with E-state index in [9.17, 15) is 0 Å². The van der Waals surface area contributed by atoms with E-state index in [0.29, 0.717) is 11.8 Å². The molecule has 0 amide bonds. The van der Waals surface area contributed by atoms with Gasteiger partial charge in [-0.15, -0.1) is 0 Å². The second kappa shape index (κ2) is 18.3. The number of benzene rings is 6. The van der Waals surface area contributed by atoms with E-state index in [1.807, 2.05) is 0 Å². The molecule has 2 N–H and O–H groups in total. The zero-order valence-corrected chi connectivity index (χ0v) is 35.6. The molecule has 2 heteroatoms. The van der Waals surface area contributed by atoms with Gasteiger partial charge in [0.25, 0.3) is 0 Å². The van der Waals surface area contributed by atoms with Crippen LogP contribution in [0.5, 0.6) is 0 Å². The number of hydrogen-bond acceptors (Lipinski definition) is 2. The average Bonchev–Trinajstić information content (AvgIpc) is 3.26. The Morgan fingerprint density at radius 2 is 1.00 bits per heavy atom. The van der Waals surface area contributed by atoms with Gasteiger partial charge in [-0.25, -0.2) is 0 Å². The lowest BCUT2D eigenvalue weighted by Gasteiger charge is -2.40. The van der Waals surface area contributed by atoms with Crippen LogP contribution in [0.3, 0.4) is 0 Å². The Morgan fingerprint density at radius 1 is 0.483 bits per heavy atom. The number of nitrogens with one attached hydrogen (secondary N) is 2. The normalized spacial score (nSPS) is 17.5. The zero-order valence-electron chi connectivity index (χ0n) is 35.6. The Bertz CT molecular complexity index is 2260. The first-order valence-corrected chi connectivity index (χ1v) is 21.8. The molecule has 0 heterocycles. The van der Waals surface area contributed by atoms with Gasteiger partial charge in [0.2, 0.25) is 0 Å². The van der Waals surface area contributed by atoms with Gasteiger partial charge in [0, 0.05) is 17.1 Å². The molecule has 7 rings (SSSR count). The summed E-state index contributed by atoms with van der Waals surface area (Å²) < 4.78 is 0.